The smallest absolute Gasteiger partial charge is 0.190 e. The van der Waals surface area contributed by atoms with Gasteiger partial charge in [-0.1, -0.05) is 18.2 Å². The molecule has 150 valence electrons. The van der Waals surface area contributed by atoms with Crippen LogP contribution in [-0.4, -0.2) is 31.7 Å². The second kappa shape index (κ2) is 7.27. The summed E-state index contributed by atoms with van der Waals surface area (Å²) in [5.41, 5.74) is 10.8. The van der Waals surface area contributed by atoms with Gasteiger partial charge in [-0.05, 0) is 64.3 Å². The Morgan fingerprint density at radius 3 is 2.83 bits per heavy atom. The number of hydrogen-bond acceptors (Lipinski definition) is 6. The maximum Gasteiger partial charge on any atom is 0.190 e. The molecule has 0 bridgehead atoms. The number of hydrogen-bond donors (Lipinski definition) is 2. The molecule has 4 aromatic rings. The second-order valence-electron chi connectivity index (χ2n) is 7.05. The largest absolute Gasteiger partial charge is 0.383 e. The van der Waals surface area contributed by atoms with Crippen molar-refractivity contribution in [2.24, 2.45) is 0 Å². The van der Waals surface area contributed by atoms with Crippen LogP contribution in [0.2, 0.25) is 0 Å². The van der Waals surface area contributed by atoms with E-state index in [9.17, 15) is 8.78 Å². The van der Waals surface area contributed by atoms with E-state index >= 15 is 0 Å². The maximum atomic E-state index is 14.3. The zero-order valence-electron chi connectivity index (χ0n) is 15.8. The molecule has 0 fully saturated rings. The fourth-order valence-corrected chi connectivity index (χ4v) is 3.65. The van der Waals surface area contributed by atoms with Gasteiger partial charge < -0.3 is 11.1 Å². The normalized spacial score (nSPS) is 13.3. The van der Waals surface area contributed by atoms with Crippen molar-refractivity contribution in [1.82, 2.24) is 30.5 Å². The topological polar surface area (TPSA) is 94.5 Å². The molecular weight excluding hydrogens is 388 g/mol. The molecule has 5 rings (SSSR count). The highest BCUT2D eigenvalue weighted by molar-refractivity contribution is 5.77. The Morgan fingerprint density at radius 1 is 1.03 bits per heavy atom. The first kappa shape index (κ1) is 18.3. The molecule has 0 unspecified atom stereocenters. The number of benzene rings is 2. The number of aromatic nitrogens is 5. The van der Waals surface area contributed by atoms with E-state index in [1.165, 1.54) is 23.3 Å². The Balaban J connectivity index is 1.61. The van der Waals surface area contributed by atoms with Gasteiger partial charge >= 0.3 is 0 Å². The van der Waals surface area contributed by atoms with Gasteiger partial charge in [0.1, 0.15) is 11.5 Å². The van der Waals surface area contributed by atoms with Gasteiger partial charge in [-0.3, -0.25) is 0 Å². The third kappa shape index (κ3) is 3.09. The molecule has 0 aliphatic carbocycles. The van der Waals surface area contributed by atoms with Gasteiger partial charge in [0.2, 0.25) is 0 Å². The summed E-state index contributed by atoms with van der Waals surface area (Å²) in [4.78, 5) is 4.28. The monoisotopic (exact) mass is 405 g/mol. The molecule has 30 heavy (non-hydrogen) atoms. The Hall–Kier alpha value is -3.72. The van der Waals surface area contributed by atoms with Crippen LogP contribution in [0.4, 0.5) is 14.6 Å². The summed E-state index contributed by atoms with van der Waals surface area (Å²) in [5.74, 6) is -1.68. The number of nitrogens with one attached hydrogen (secondary N) is 1. The van der Waals surface area contributed by atoms with Gasteiger partial charge in [-0.2, -0.15) is 4.68 Å². The van der Waals surface area contributed by atoms with Crippen molar-refractivity contribution in [3.8, 4) is 28.2 Å². The van der Waals surface area contributed by atoms with Crippen molar-refractivity contribution in [3.63, 3.8) is 0 Å². The average molecular weight is 405 g/mol. The fraction of sp³-hybridized carbons (Fsp3) is 0.143. The Morgan fingerprint density at radius 2 is 1.93 bits per heavy atom. The highest BCUT2D eigenvalue weighted by Gasteiger charge is 2.20. The lowest BCUT2D eigenvalue weighted by atomic mass is 9.95. The number of pyridine rings is 1. The van der Waals surface area contributed by atoms with E-state index in [-0.39, 0.29) is 17.3 Å². The number of nitrogen functional groups attached to an aromatic ring is 1. The summed E-state index contributed by atoms with van der Waals surface area (Å²) in [7, 11) is 0. The number of anilines is 1. The lowest BCUT2D eigenvalue weighted by Gasteiger charge is -2.18. The first-order chi connectivity index (χ1) is 14.6. The molecule has 0 saturated heterocycles. The molecule has 0 atom stereocenters. The number of fused-ring (bicyclic) bond motifs is 1. The highest BCUT2D eigenvalue weighted by Crippen LogP contribution is 2.31. The van der Waals surface area contributed by atoms with E-state index in [4.69, 9.17) is 5.73 Å². The molecule has 1 aliphatic rings. The van der Waals surface area contributed by atoms with Crippen molar-refractivity contribution in [2.45, 2.75) is 13.0 Å². The van der Waals surface area contributed by atoms with Crippen LogP contribution in [0, 0.1) is 11.6 Å². The van der Waals surface area contributed by atoms with Crippen LogP contribution in [0.1, 0.15) is 11.1 Å². The number of nitrogens with zero attached hydrogens (tertiary/aromatic N) is 5. The maximum absolute atomic E-state index is 14.3. The standard InChI is InChI=1S/C21H17F2N7/c22-17-2-1-3-18(19(17)23)30-21(27-28-29-30)16-9-15(11-26-20(16)24)13-5-4-12-6-7-25-10-14(12)8-13/h1-5,8-9,11,25H,6-7,10H2,(H2,24,26). The molecule has 3 N–H and O–H groups in total. The highest BCUT2D eigenvalue weighted by atomic mass is 19.2. The SMILES string of the molecule is Nc1ncc(-c2ccc3c(c2)CNCC3)cc1-c1nnnn1-c1cccc(F)c1F. The summed E-state index contributed by atoms with van der Waals surface area (Å²) in [6, 6.07) is 11.9. The van der Waals surface area contributed by atoms with E-state index in [0.717, 1.165) is 41.4 Å². The molecule has 0 saturated carbocycles. The minimum atomic E-state index is -1.05. The molecule has 0 radical (unpaired) electrons. The molecular formula is C21H17F2N7. The number of tetrazole rings is 1. The third-order valence-electron chi connectivity index (χ3n) is 5.21. The Bertz CT molecular complexity index is 1250. The van der Waals surface area contributed by atoms with Crippen LogP contribution in [-0.2, 0) is 13.0 Å². The summed E-state index contributed by atoms with van der Waals surface area (Å²) in [6.07, 6.45) is 2.67. The van der Waals surface area contributed by atoms with Crippen molar-refractivity contribution in [2.75, 3.05) is 12.3 Å². The first-order valence-corrected chi connectivity index (χ1v) is 9.43. The van der Waals surface area contributed by atoms with Gasteiger partial charge in [0.15, 0.2) is 17.5 Å². The van der Waals surface area contributed by atoms with E-state index in [2.05, 4.69) is 38.0 Å². The summed E-state index contributed by atoms with van der Waals surface area (Å²) in [6.45, 7) is 1.79. The van der Waals surface area contributed by atoms with E-state index in [0.29, 0.717) is 5.56 Å². The summed E-state index contributed by atoms with van der Waals surface area (Å²) in [5, 5.41) is 14.8. The first-order valence-electron chi connectivity index (χ1n) is 9.43. The minimum absolute atomic E-state index is 0.111. The molecule has 3 heterocycles. The molecule has 2 aromatic heterocycles. The Kier molecular flexibility index (Phi) is 4.44. The van der Waals surface area contributed by atoms with Gasteiger partial charge in [0.25, 0.3) is 0 Å². The number of nitrogens with two attached hydrogens (primary N) is 1. The molecule has 0 spiro atoms. The fourth-order valence-electron chi connectivity index (χ4n) is 3.65. The third-order valence-corrected chi connectivity index (χ3v) is 5.21. The number of halogens is 2. The number of rotatable bonds is 3. The lowest BCUT2D eigenvalue weighted by molar-refractivity contribution is 0.501. The summed E-state index contributed by atoms with van der Waals surface area (Å²) < 4.78 is 29.1. The van der Waals surface area contributed by atoms with Gasteiger partial charge in [0, 0.05) is 18.3 Å². The zero-order chi connectivity index (χ0) is 20.7. The average Bonchev–Trinajstić information content (AvgIpc) is 3.25. The van der Waals surface area contributed by atoms with Crippen LogP contribution >= 0.6 is 0 Å². The van der Waals surface area contributed by atoms with Gasteiger partial charge in [-0.15, -0.1) is 5.10 Å². The lowest BCUT2D eigenvalue weighted by Crippen LogP contribution is -2.23. The van der Waals surface area contributed by atoms with Crippen LogP contribution in [0.15, 0.2) is 48.7 Å². The predicted octanol–water partition coefficient (Wildman–Crippen LogP) is 2.90. The minimum Gasteiger partial charge on any atom is -0.383 e. The molecule has 2 aromatic carbocycles. The van der Waals surface area contributed by atoms with Crippen molar-refractivity contribution < 1.29 is 8.78 Å². The second-order valence-corrected chi connectivity index (χ2v) is 7.05. The van der Waals surface area contributed by atoms with E-state index in [1.807, 2.05) is 6.07 Å². The van der Waals surface area contributed by atoms with Crippen molar-refractivity contribution >= 4 is 5.82 Å². The molecule has 1 aliphatic heterocycles. The van der Waals surface area contributed by atoms with Crippen LogP contribution in [0.3, 0.4) is 0 Å². The van der Waals surface area contributed by atoms with Gasteiger partial charge in [0.05, 0.1) is 5.56 Å². The quantitative estimate of drug-likeness (QED) is 0.544. The van der Waals surface area contributed by atoms with Crippen molar-refractivity contribution in [1.29, 1.82) is 0 Å². The van der Waals surface area contributed by atoms with Crippen LogP contribution < -0.4 is 11.1 Å². The zero-order valence-corrected chi connectivity index (χ0v) is 15.8. The summed E-state index contributed by atoms with van der Waals surface area (Å²) >= 11 is 0. The molecule has 9 heteroatoms. The van der Waals surface area contributed by atoms with Crippen LogP contribution in [0.5, 0.6) is 0 Å². The molecule has 7 nitrogen and oxygen atoms in total. The van der Waals surface area contributed by atoms with Crippen LogP contribution in [0.25, 0.3) is 28.2 Å². The van der Waals surface area contributed by atoms with E-state index in [1.54, 1.807) is 12.3 Å². The van der Waals surface area contributed by atoms with Crippen molar-refractivity contribution in [3.05, 3.63) is 71.4 Å². The van der Waals surface area contributed by atoms with E-state index < -0.39 is 11.6 Å². The predicted molar refractivity (Wildman–Crippen MR) is 108 cm³/mol. The Labute approximate surface area is 170 Å². The van der Waals surface area contributed by atoms with Gasteiger partial charge in [-0.25, -0.2) is 13.8 Å². The molecule has 0 amide bonds.